The molecule has 0 N–H and O–H groups in total. The first kappa shape index (κ1) is 36.4. The molecule has 0 radical (unpaired) electrons. The lowest BCUT2D eigenvalue weighted by atomic mass is 9.81. The van der Waals surface area contributed by atoms with Crippen LogP contribution in [0.15, 0.2) is 218 Å². The second-order valence-corrected chi connectivity index (χ2v) is 16.6. The van der Waals surface area contributed by atoms with Crippen LogP contribution in [0.5, 0.6) is 0 Å². The van der Waals surface area contributed by atoms with Gasteiger partial charge in [0, 0.05) is 39.2 Å². The van der Waals surface area contributed by atoms with E-state index in [0.29, 0.717) is 0 Å². The zero-order valence-electron chi connectivity index (χ0n) is 34.3. The number of hydrogen-bond acceptors (Lipinski definition) is 2. The number of anilines is 6. The van der Waals surface area contributed by atoms with E-state index >= 15 is 0 Å². The Kier molecular flexibility index (Phi) is 8.86. The summed E-state index contributed by atoms with van der Waals surface area (Å²) in [7, 11) is 0. The molecule has 290 valence electrons. The summed E-state index contributed by atoms with van der Waals surface area (Å²) in [5.74, 6) is 0. The number of hydrogen-bond donors (Lipinski definition) is 0. The highest BCUT2D eigenvalue weighted by atomic mass is 15.1. The second kappa shape index (κ2) is 14.9. The SMILES string of the molecule is CC1(C)c2cc(C=Cc3ccc(N(c4ccccc4)c4ccccc4)cc3)ccc2-c2ccc(N(c3ccc4ccccc4c3)c3cc4ccccc4c4ccccc34)cc21. The summed E-state index contributed by atoms with van der Waals surface area (Å²) in [6.45, 7) is 4.76. The smallest absolute Gasteiger partial charge is 0.0546 e. The maximum absolute atomic E-state index is 2.47. The molecule has 0 saturated heterocycles. The van der Waals surface area contributed by atoms with Gasteiger partial charge < -0.3 is 9.80 Å². The molecule has 0 unspecified atom stereocenters. The molecule has 11 rings (SSSR count). The van der Waals surface area contributed by atoms with Crippen LogP contribution >= 0.6 is 0 Å². The third-order valence-corrected chi connectivity index (χ3v) is 12.6. The molecule has 0 saturated carbocycles. The van der Waals surface area contributed by atoms with Crippen molar-refractivity contribution in [2.45, 2.75) is 19.3 Å². The van der Waals surface area contributed by atoms with Crippen LogP contribution in [-0.2, 0) is 5.41 Å². The predicted octanol–water partition coefficient (Wildman–Crippen LogP) is 16.6. The maximum Gasteiger partial charge on any atom is 0.0546 e. The van der Waals surface area contributed by atoms with Gasteiger partial charge in [0.1, 0.15) is 0 Å². The van der Waals surface area contributed by atoms with Crippen LogP contribution < -0.4 is 9.80 Å². The van der Waals surface area contributed by atoms with E-state index in [2.05, 4.69) is 254 Å². The third kappa shape index (κ3) is 6.45. The minimum atomic E-state index is -0.203. The van der Waals surface area contributed by atoms with Crippen LogP contribution in [0.2, 0.25) is 0 Å². The molecule has 2 heteroatoms. The standard InChI is InChI=1S/C59H44N2/c1-59(2)56-37-42(26-25-41-27-31-48(32-28-41)60(46-18-5-3-6-19-46)47-20-7-4-8-21-47)29-35-53(56)54-36-34-50(40-57(54)59)61(49-33-30-43-15-9-10-16-44(43)38-49)58-39-45-17-11-12-22-51(45)52-23-13-14-24-55(52)58/h3-40H,1-2H3. The number of fused-ring (bicyclic) bond motifs is 7. The van der Waals surface area contributed by atoms with Gasteiger partial charge in [0.05, 0.1) is 5.69 Å². The number of rotatable bonds is 8. The molecular formula is C59H44N2. The fraction of sp³-hybridized carbons (Fsp3) is 0.0508. The first-order valence-corrected chi connectivity index (χ1v) is 21.2. The largest absolute Gasteiger partial charge is 0.311 e. The summed E-state index contributed by atoms with van der Waals surface area (Å²) < 4.78 is 0. The first-order chi connectivity index (χ1) is 30.0. The Bertz CT molecular complexity index is 3230. The molecule has 0 aliphatic heterocycles. The van der Waals surface area contributed by atoms with E-state index in [9.17, 15) is 0 Å². The Labute approximate surface area is 357 Å². The summed E-state index contributed by atoms with van der Waals surface area (Å²) in [5.41, 5.74) is 14.3. The van der Waals surface area contributed by atoms with Crippen molar-refractivity contribution in [3.63, 3.8) is 0 Å². The van der Waals surface area contributed by atoms with E-state index in [0.717, 1.165) is 34.0 Å². The van der Waals surface area contributed by atoms with Crippen LogP contribution in [0, 0.1) is 0 Å². The van der Waals surface area contributed by atoms with E-state index in [1.54, 1.807) is 0 Å². The van der Waals surface area contributed by atoms with Gasteiger partial charge in [0.25, 0.3) is 0 Å². The molecule has 1 aliphatic rings. The van der Waals surface area contributed by atoms with Crippen LogP contribution in [-0.4, -0.2) is 0 Å². The monoisotopic (exact) mass is 780 g/mol. The average molecular weight is 781 g/mol. The van der Waals surface area contributed by atoms with Gasteiger partial charge in [-0.2, -0.15) is 0 Å². The van der Waals surface area contributed by atoms with Gasteiger partial charge in [-0.05, 0) is 127 Å². The number of nitrogens with zero attached hydrogens (tertiary/aromatic N) is 2. The molecule has 10 aromatic rings. The topological polar surface area (TPSA) is 6.48 Å². The van der Waals surface area contributed by atoms with Crippen molar-refractivity contribution in [3.8, 4) is 11.1 Å². The summed E-state index contributed by atoms with van der Waals surface area (Å²) in [5, 5.41) is 7.45. The van der Waals surface area contributed by atoms with Crippen molar-refractivity contribution in [2.75, 3.05) is 9.80 Å². The normalized spacial score (nSPS) is 12.8. The number of para-hydroxylation sites is 2. The van der Waals surface area contributed by atoms with Crippen LogP contribution in [0.3, 0.4) is 0 Å². The van der Waals surface area contributed by atoms with Crippen LogP contribution in [0.1, 0.15) is 36.1 Å². The van der Waals surface area contributed by atoms with Crippen molar-refractivity contribution in [3.05, 3.63) is 241 Å². The molecule has 10 aromatic carbocycles. The molecule has 0 fully saturated rings. The van der Waals surface area contributed by atoms with Gasteiger partial charge in [-0.25, -0.2) is 0 Å². The maximum atomic E-state index is 2.47. The van der Waals surface area contributed by atoms with Crippen molar-refractivity contribution in [1.82, 2.24) is 0 Å². The Hall–Kier alpha value is -7.68. The zero-order valence-corrected chi connectivity index (χ0v) is 34.3. The Morgan fingerprint density at radius 2 is 0.820 bits per heavy atom. The summed E-state index contributed by atoms with van der Waals surface area (Å²) in [6.07, 6.45) is 4.47. The molecule has 0 bridgehead atoms. The minimum Gasteiger partial charge on any atom is -0.311 e. The molecule has 0 heterocycles. The van der Waals surface area contributed by atoms with Gasteiger partial charge in [-0.1, -0.05) is 178 Å². The molecule has 0 spiro atoms. The number of benzene rings is 10. The summed E-state index contributed by atoms with van der Waals surface area (Å²) in [6, 6.07) is 79.5. The molecule has 61 heavy (non-hydrogen) atoms. The van der Waals surface area contributed by atoms with Crippen molar-refractivity contribution in [1.29, 1.82) is 0 Å². The van der Waals surface area contributed by atoms with E-state index in [1.165, 1.54) is 65.8 Å². The van der Waals surface area contributed by atoms with Crippen molar-refractivity contribution >= 4 is 78.6 Å². The fourth-order valence-electron chi connectivity index (χ4n) is 9.48. The van der Waals surface area contributed by atoms with Gasteiger partial charge in [-0.3, -0.25) is 0 Å². The first-order valence-electron chi connectivity index (χ1n) is 21.2. The summed E-state index contributed by atoms with van der Waals surface area (Å²) >= 11 is 0. The Morgan fingerprint density at radius 1 is 0.328 bits per heavy atom. The molecular weight excluding hydrogens is 737 g/mol. The molecule has 0 amide bonds. The van der Waals surface area contributed by atoms with E-state index in [1.807, 2.05) is 0 Å². The quantitative estimate of drug-likeness (QED) is 0.112. The van der Waals surface area contributed by atoms with Gasteiger partial charge >= 0.3 is 0 Å². The predicted molar refractivity (Wildman–Crippen MR) is 261 cm³/mol. The lowest BCUT2D eigenvalue weighted by molar-refractivity contribution is 0.660. The Morgan fingerprint density at radius 3 is 1.54 bits per heavy atom. The third-order valence-electron chi connectivity index (χ3n) is 12.6. The Balaban J connectivity index is 0.949. The van der Waals surface area contributed by atoms with Crippen LogP contribution in [0.4, 0.5) is 34.1 Å². The highest BCUT2D eigenvalue weighted by Crippen LogP contribution is 2.52. The molecule has 1 aliphatic carbocycles. The van der Waals surface area contributed by atoms with E-state index in [4.69, 9.17) is 0 Å². The van der Waals surface area contributed by atoms with Crippen molar-refractivity contribution < 1.29 is 0 Å². The highest BCUT2D eigenvalue weighted by molar-refractivity contribution is 6.14. The van der Waals surface area contributed by atoms with Gasteiger partial charge in [-0.15, -0.1) is 0 Å². The molecule has 0 atom stereocenters. The average Bonchev–Trinajstić information content (AvgIpc) is 3.54. The lowest BCUT2D eigenvalue weighted by Crippen LogP contribution is -2.17. The van der Waals surface area contributed by atoms with Crippen LogP contribution in [0.25, 0.3) is 55.6 Å². The van der Waals surface area contributed by atoms with E-state index in [-0.39, 0.29) is 5.41 Å². The van der Waals surface area contributed by atoms with E-state index < -0.39 is 0 Å². The lowest BCUT2D eigenvalue weighted by Gasteiger charge is -2.30. The van der Waals surface area contributed by atoms with Gasteiger partial charge in [0.2, 0.25) is 0 Å². The zero-order chi connectivity index (χ0) is 40.9. The minimum absolute atomic E-state index is 0.203. The second-order valence-electron chi connectivity index (χ2n) is 16.6. The fourth-order valence-corrected chi connectivity index (χ4v) is 9.48. The van der Waals surface area contributed by atoms with Gasteiger partial charge in [0.15, 0.2) is 0 Å². The molecule has 0 aromatic heterocycles. The highest BCUT2D eigenvalue weighted by Gasteiger charge is 2.36. The van der Waals surface area contributed by atoms with Crippen molar-refractivity contribution in [2.24, 2.45) is 0 Å². The summed E-state index contributed by atoms with van der Waals surface area (Å²) in [4.78, 5) is 4.77. The molecule has 2 nitrogen and oxygen atoms in total.